The molecule has 2 aliphatic rings. The van der Waals surface area contributed by atoms with Crippen molar-refractivity contribution in [2.45, 2.75) is 122 Å². The number of fused-ring (bicyclic) bond motifs is 2. The van der Waals surface area contributed by atoms with E-state index in [0.717, 1.165) is 19.4 Å². The lowest BCUT2D eigenvalue weighted by Gasteiger charge is -2.34. The Kier molecular flexibility index (Phi) is 13.5. The second-order valence-electron chi connectivity index (χ2n) is 13.3. The second-order valence-corrected chi connectivity index (χ2v) is 17.0. The number of nitrogens with zero attached hydrogens (tertiary/aromatic N) is 1. The van der Waals surface area contributed by atoms with Crippen LogP contribution in [0.5, 0.6) is 0 Å². The summed E-state index contributed by atoms with van der Waals surface area (Å²) in [4.78, 5) is 17.4. The minimum atomic E-state index is -1.72. The van der Waals surface area contributed by atoms with Crippen molar-refractivity contribution in [1.82, 2.24) is 4.90 Å². The first-order valence-corrected chi connectivity index (χ1v) is 22.4. The van der Waals surface area contributed by atoms with Crippen molar-refractivity contribution in [3.8, 4) is 0 Å². The summed E-state index contributed by atoms with van der Waals surface area (Å²) in [5, 5.41) is 15.5. The minimum Gasteiger partial charge on any atom is -0.459 e. The van der Waals surface area contributed by atoms with Gasteiger partial charge >= 0.3 is 5.97 Å². The number of hydrogen-bond acceptors (Lipinski definition) is 8. The molecule has 2 aromatic rings. The van der Waals surface area contributed by atoms with Gasteiger partial charge in [-0.2, -0.15) is 0 Å². The number of ether oxygens (including phenoxy) is 1. The van der Waals surface area contributed by atoms with Crippen molar-refractivity contribution in [3.63, 3.8) is 0 Å². The maximum atomic E-state index is 13.6. The predicted octanol–water partition coefficient (Wildman–Crippen LogP) is 6.46. The van der Waals surface area contributed by atoms with Gasteiger partial charge in [0.2, 0.25) is 5.60 Å². The highest BCUT2D eigenvalue weighted by Crippen LogP contribution is 2.49. The Balaban J connectivity index is 1.15. The molecule has 0 aromatic carbocycles. The Hall–Kier alpha value is -0.856. The number of carbonyl (C=O) groups is 1. The van der Waals surface area contributed by atoms with Gasteiger partial charge in [-0.1, -0.05) is 77.6 Å². The molecule has 2 heterocycles. The summed E-state index contributed by atoms with van der Waals surface area (Å²) >= 11 is 2.80. The van der Waals surface area contributed by atoms with E-state index in [1.165, 1.54) is 80.5 Å². The molecule has 2 aliphatic carbocycles. The van der Waals surface area contributed by atoms with Crippen molar-refractivity contribution in [2.75, 3.05) is 13.6 Å². The van der Waals surface area contributed by atoms with Crippen LogP contribution >= 0.6 is 22.7 Å². The van der Waals surface area contributed by atoms with Crippen molar-refractivity contribution >= 4 is 48.2 Å². The van der Waals surface area contributed by atoms with Crippen LogP contribution in [0.4, 0.5) is 0 Å². The van der Waals surface area contributed by atoms with E-state index in [0.29, 0.717) is 27.6 Å². The summed E-state index contributed by atoms with van der Waals surface area (Å²) in [6.45, 7) is 10.1. The molecule has 0 amide bonds. The van der Waals surface area contributed by atoms with E-state index < -0.39 is 31.1 Å². The van der Waals surface area contributed by atoms with Gasteiger partial charge < -0.3 is 23.6 Å². The molecule has 0 spiro atoms. The third-order valence-electron chi connectivity index (χ3n) is 9.73. The quantitative estimate of drug-likeness (QED) is 0.0759. The molecule has 4 unspecified atom stereocenters. The fourth-order valence-corrected chi connectivity index (χ4v) is 11.1. The molecule has 10 heteroatoms. The topological polar surface area (TPSA) is 68.2 Å². The molecule has 0 aliphatic heterocycles. The Labute approximate surface area is 272 Å². The number of esters is 1. The highest BCUT2D eigenvalue weighted by molar-refractivity contribution is 7.12. The maximum absolute atomic E-state index is 13.6. The van der Waals surface area contributed by atoms with Gasteiger partial charge in [0.1, 0.15) is 12.4 Å². The van der Waals surface area contributed by atoms with E-state index in [4.69, 9.17) is 13.6 Å². The SMILES string of the molecule is C[SiH2]OC(O[SiH2]C)C(C)(C)CCCCCCCCCN(C)C1C2CCC1C(OC(=O)C(O)(c1cccs1)c1cccs1)C2. The van der Waals surface area contributed by atoms with Gasteiger partial charge in [-0.3, -0.25) is 0 Å². The number of unbranched alkanes of at least 4 members (excludes halogenated alkanes) is 6. The van der Waals surface area contributed by atoms with Gasteiger partial charge in [-0.05, 0) is 74.5 Å². The number of carbonyl (C=O) groups excluding carboxylic acids is 1. The summed E-state index contributed by atoms with van der Waals surface area (Å²) in [7, 11) is 1.35. The summed E-state index contributed by atoms with van der Waals surface area (Å²) in [6, 6.07) is 7.88. The minimum absolute atomic E-state index is 0.0101. The molecule has 2 fully saturated rings. The molecule has 0 saturated heterocycles. The lowest BCUT2D eigenvalue weighted by Crippen LogP contribution is -2.42. The van der Waals surface area contributed by atoms with Gasteiger partial charge in [0.05, 0.1) is 9.75 Å². The van der Waals surface area contributed by atoms with Crippen LogP contribution in [0.15, 0.2) is 35.0 Å². The van der Waals surface area contributed by atoms with Crippen LogP contribution in [0, 0.1) is 17.3 Å². The molecule has 4 rings (SSSR count). The number of thiophene rings is 2. The molecule has 43 heavy (non-hydrogen) atoms. The lowest BCUT2D eigenvalue weighted by atomic mass is 9.86. The molecule has 0 radical (unpaired) electrons. The van der Waals surface area contributed by atoms with E-state index in [9.17, 15) is 9.90 Å². The van der Waals surface area contributed by atoms with Crippen LogP contribution < -0.4 is 0 Å². The predicted molar refractivity (Wildman–Crippen MR) is 184 cm³/mol. The smallest absolute Gasteiger partial charge is 0.349 e. The van der Waals surface area contributed by atoms with E-state index >= 15 is 0 Å². The largest absolute Gasteiger partial charge is 0.459 e. The maximum Gasteiger partial charge on any atom is 0.349 e. The average molecular weight is 666 g/mol. The third kappa shape index (κ3) is 8.70. The Morgan fingerprint density at radius 2 is 1.56 bits per heavy atom. The zero-order valence-corrected chi connectivity index (χ0v) is 31.6. The fraction of sp³-hybridized carbons (Fsp3) is 0.727. The van der Waals surface area contributed by atoms with E-state index in [1.807, 2.05) is 35.0 Å². The van der Waals surface area contributed by atoms with Crippen LogP contribution in [0.2, 0.25) is 13.1 Å². The van der Waals surface area contributed by atoms with Crippen LogP contribution in [0.25, 0.3) is 0 Å². The monoisotopic (exact) mass is 665 g/mol. The summed E-state index contributed by atoms with van der Waals surface area (Å²) < 4.78 is 18.2. The molecule has 1 N–H and O–H groups in total. The van der Waals surface area contributed by atoms with Crippen LogP contribution in [-0.4, -0.2) is 67.5 Å². The molecule has 2 aromatic heterocycles. The first-order valence-electron chi connectivity index (χ1n) is 16.7. The first kappa shape index (κ1) is 35.0. The summed E-state index contributed by atoms with van der Waals surface area (Å²) in [5.74, 6) is 0.406. The Morgan fingerprint density at radius 1 is 0.977 bits per heavy atom. The first-order chi connectivity index (χ1) is 20.7. The Bertz CT molecular complexity index is 1040. The molecule has 2 saturated carbocycles. The Morgan fingerprint density at radius 3 is 2.12 bits per heavy atom. The normalized spacial score (nSPS) is 23.4. The molecule has 2 bridgehead atoms. The van der Waals surface area contributed by atoms with Crippen LogP contribution in [0.3, 0.4) is 0 Å². The number of rotatable bonds is 20. The molecular formula is C33H55NO5S2Si2. The van der Waals surface area contributed by atoms with Crippen molar-refractivity contribution in [1.29, 1.82) is 0 Å². The second kappa shape index (κ2) is 16.6. The van der Waals surface area contributed by atoms with Gasteiger partial charge in [-0.25, -0.2) is 4.79 Å². The summed E-state index contributed by atoms with van der Waals surface area (Å²) in [5.41, 5.74) is -1.61. The van der Waals surface area contributed by atoms with Crippen molar-refractivity contribution < 1.29 is 23.5 Å². The average Bonchev–Trinajstić information content (AvgIpc) is 3.81. The fourth-order valence-electron chi connectivity index (χ4n) is 7.47. The molecular weight excluding hydrogens is 611 g/mol. The van der Waals surface area contributed by atoms with Crippen LogP contribution in [-0.2, 0) is 24.0 Å². The highest BCUT2D eigenvalue weighted by Gasteiger charge is 2.53. The van der Waals surface area contributed by atoms with Crippen molar-refractivity contribution in [2.24, 2.45) is 17.3 Å². The van der Waals surface area contributed by atoms with Gasteiger partial charge in [-0.15, -0.1) is 22.7 Å². The molecule has 6 nitrogen and oxygen atoms in total. The molecule has 4 atom stereocenters. The zero-order valence-electron chi connectivity index (χ0n) is 27.1. The zero-order chi connectivity index (χ0) is 30.9. The van der Waals surface area contributed by atoms with Crippen LogP contribution in [0.1, 0.15) is 94.2 Å². The van der Waals surface area contributed by atoms with Gasteiger partial charge in [0.25, 0.3) is 0 Å². The summed E-state index contributed by atoms with van der Waals surface area (Å²) in [6.07, 6.45) is 13.3. The standard InChI is InChI=1S/C33H55NO5S2Si2/c1-32(2,31(38-42-4)39-43-5)19-11-9-7-6-8-10-12-20-34(3)29-24-17-18-25(29)26(23-24)37-30(35)33(36,27-15-13-21-40-27)28-16-14-22-41-28/h13-16,21-22,24-26,29,31,36H,6-12,17-20,23,42-43H2,1-5H3. The van der Waals surface area contributed by atoms with Gasteiger partial charge in [0, 0.05) is 17.4 Å². The number of aliphatic hydroxyl groups is 1. The van der Waals surface area contributed by atoms with E-state index in [1.54, 1.807) is 0 Å². The molecule has 242 valence electrons. The lowest BCUT2D eigenvalue weighted by molar-refractivity contribution is -0.170. The number of hydrogen-bond donors (Lipinski definition) is 1. The van der Waals surface area contributed by atoms with Crippen molar-refractivity contribution in [3.05, 3.63) is 44.8 Å². The van der Waals surface area contributed by atoms with E-state index in [-0.39, 0.29) is 17.8 Å². The highest BCUT2D eigenvalue weighted by atomic mass is 32.1. The van der Waals surface area contributed by atoms with Gasteiger partial charge in [0.15, 0.2) is 19.5 Å². The van der Waals surface area contributed by atoms with E-state index in [2.05, 4.69) is 38.9 Å². The third-order valence-corrected chi connectivity index (χ3v) is 13.0.